The molecule has 0 aliphatic carbocycles. The molecule has 9 heavy (non-hydrogen) atoms. The molecule has 0 saturated carbocycles. The van der Waals surface area contributed by atoms with Gasteiger partial charge in [-0.15, -0.1) is 0 Å². The molecule has 0 aromatic heterocycles. The largest absolute Gasteiger partial charge is 1.00 e. The standard InChI is InChI=1S/C3H7NO.N3.Na/c1-4(2)3-5;1-3-2;/h3H,1-2H3;;/q;-1;+1. The zero-order valence-electron chi connectivity index (χ0n) is 5.77. The van der Waals surface area contributed by atoms with Gasteiger partial charge in [-0.25, -0.2) is 0 Å². The van der Waals surface area contributed by atoms with Crippen LogP contribution in [0, 0.1) is 0 Å². The normalized spacial score (nSPS) is 4.67. The van der Waals surface area contributed by atoms with Crippen molar-refractivity contribution in [2.45, 2.75) is 0 Å². The Bertz CT molecular complexity index is 87.8. The quantitative estimate of drug-likeness (QED) is 0.130. The van der Waals surface area contributed by atoms with Gasteiger partial charge in [-0.2, -0.15) is 0 Å². The third-order valence-corrected chi connectivity index (χ3v) is 0.211. The van der Waals surface area contributed by atoms with Crippen molar-refractivity contribution in [3.05, 3.63) is 16.0 Å². The fourth-order valence-electron chi connectivity index (χ4n) is 0. The second kappa shape index (κ2) is 15.7. The van der Waals surface area contributed by atoms with Gasteiger partial charge in [-0.3, -0.25) is 9.71 Å². The number of hydrogen-bond acceptors (Lipinski definition) is 1. The first kappa shape index (κ1) is 15.9. The molecular weight excluding hydrogens is 131 g/mol. The van der Waals surface area contributed by atoms with Gasteiger partial charge in [0.2, 0.25) is 6.41 Å². The molecule has 0 bridgehead atoms. The van der Waals surface area contributed by atoms with Crippen LogP contribution in [0.2, 0.25) is 0 Å². The van der Waals surface area contributed by atoms with Crippen molar-refractivity contribution in [2.75, 3.05) is 14.1 Å². The second-order valence-corrected chi connectivity index (χ2v) is 1.16. The summed E-state index contributed by atoms with van der Waals surface area (Å²) in [5.41, 5.74) is 13.5. The molecule has 6 heteroatoms. The van der Waals surface area contributed by atoms with Crippen LogP contribution in [0.15, 0.2) is 0 Å². The number of hydrogen-bond donors (Lipinski definition) is 0. The molecule has 0 aromatic carbocycles. The van der Waals surface area contributed by atoms with Gasteiger partial charge < -0.3 is 16.0 Å². The molecule has 0 saturated heterocycles. The third-order valence-electron chi connectivity index (χ3n) is 0.211. The molecule has 0 fully saturated rings. The number of carbonyl (C=O) groups is 1. The van der Waals surface area contributed by atoms with Crippen LogP contribution in [-0.4, -0.2) is 25.4 Å². The fourth-order valence-corrected chi connectivity index (χ4v) is 0. The average Bonchev–Trinajstić information content (AvgIpc) is 1.69. The Labute approximate surface area is 75.7 Å². The molecule has 0 N–H and O–H groups in total. The minimum Gasteiger partial charge on any atom is -0.373 e. The van der Waals surface area contributed by atoms with Crippen LogP contribution in [0.25, 0.3) is 16.0 Å². The fraction of sp³-hybridized carbons (Fsp3) is 0.667. The van der Waals surface area contributed by atoms with E-state index in [2.05, 4.69) is 0 Å². The molecule has 0 atom stereocenters. The molecule has 0 rings (SSSR count). The van der Waals surface area contributed by atoms with Crippen LogP contribution in [-0.2, 0) is 4.79 Å². The van der Waals surface area contributed by atoms with E-state index in [9.17, 15) is 4.79 Å². The molecular formula is C3H7N4NaO. The van der Waals surface area contributed by atoms with E-state index in [1.54, 1.807) is 14.1 Å². The van der Waals surface area contributed by atoms with Crippen molar-refractivity contribution in [2.24, 2.45) is 0 Å². The summed E-state index contributed by atoms with van der Waals surface area (Å²) in [6.07, 6.45) is 0.750. The Hall–Kier alpha value is -0.220. The zero-order chi connectivity index (χ0) is 6.99. The maximum absolute atomic E-state index is 9.43. The molecule has 0 spiro atoms. The van der Waals surface area contributed by atoms with Crippen molar-refractivity contribution in [3.8, 4) is 0 Å². The number of nitrogens with zero attached hydrogens (tertiary/aromatic N) is 4. The van der Waals surface area contributed by atoms with Crippen LogP contribution in [0.4, 0.5) is 0 Å². The maximum Gasteiger partial charge on any atom is 1.00 e. The Morgan fingerprint density at radius 3 is 1.56 bits per heavy atom. The van der Waals surface area contributed by atoms with Crippen LogP contribution in [0.5, 0.6) is 0 Å². The summed E-state index contributed by atoms with van der Waals surface area (Å²) in [4.78, 5) is 12.4. The molecule has 0 aliphatic heterocycles. The minimum absolute atomic E-state index is 0. The van der Waals surface area contributed by atoms with Crippen LogP contribution >= 0.6 is 0 Å². The van der Waals surface area contributed by atoms with E-state index in [1.165, 1.54) is 9.81 Å². The molecule has 46 valence electrons. The molecule has 0 heterocycles. The van der Waals surface area contributed by atoms with E-state index in [-0.39, 0.29) is 29.6 Å². The number of amides is 1. The predicted molar refractivity (Wildman–Crippen MR) is 29.8 cm³/mol. The number of carbonyl (C=O) groups excluding carboxylic acids is 1. The summed E-state index contributed by atoms with van der Waals surface area (Å²) in [5, 5.41) is 0. The van der Waals surface area contributed by atoms with Crippen molar-refractivity contribution in [1.29, 1.82) is 0 Å². The van der Waals surface area contributed by atoms with Crippen LogP contribution in [0.1, 0.15) is 0 Å². The Kier molecular flexibility index (Phi) is 27.7. The number of rotatable bonds is 1. The molecule has 0 unspecified atom stereocenters. The smallest absolute Gasteiger partial charge is 0.373 e. The topological polar surface area (TPSA) is 79.0 Å². The maximum atomic E-state index is 9.43. The molecule has 0 radical (unpaired) electrons. The molecule has 0 aromatic rings. The molecule has 5 nitrogen and oxygen atoms in total. The second-order valence-electron chi connectivity index (χ2n) is 1.16. The van der Waals surface area contributed by atoms with Gasteiger partial charge in [0.25, 0.3) is 0 Å². The monoisotopic (exact) mass is 138 g/mol. The summed E-state index contributed by atoms with van der Waals surface area (Å²) in [5.74, 6) is 0. The van der Waals surface area contributed by atoms with Gasteiger partial charge in [0.1, 0.15) is 0 Å². The predicted octanol–water partition coefficient (Wildman–Crippen LogP) is -2.43. The van der Waals surface area contributed by atoms with Crippen LogP contribution < -0.4 is 29.6 Å². The Balaban J connectivity index is -0.0000000800. The van der Waals surface area contributed by atoms with Crippen LogP contribution in [0.3, 0.4) is 0 Å². The third kappa shape index (κ3) is 82.0. The van der Waals surface area contributed by atoms with Gasteiger partial charge in [-0.1, -0.05) is 0 Å². The summed E-state index contributed by atoms with van der Waals surface area (Å²) in [6.45, 7) is 0. The van der Waals surface area contributed by atoms with Gasteiger partial charge in [0, 0.05) is 14.1 Å². The van der Waals surface area contributed by atoms with Gasteiger partial charge in [0.05, 0.1) is 0 Å². The van der Waals surface area contributed by atoms with Gasteiger partial charge in [0.15, 0.2) is 0 Å². The minimum atomic E-state index is 0. The molecule has 1 amide bonds. The van der Waals surface area contributed by atoms with E-state index >= 15 is 0 Å². The summed E-state index contributed by atoms with van der Waals surface area (Å²) < 4.78 is 0. The zero-order valence-corrected chi connectivity index (χ0v) is 7.77. The van der Waals surface area contributed by atoms with Crippen molar-refractivity contribution in [1.82, 2.24) is 4.90 Å². The van der Waals surface area contributed by atoms with Crippen molar-refractivity contribution >= 4 is 6.41 Å². The first-order valence-corrected chi connectivity index (χ1v) is 1.79. The average molecular weight is 138 g/mol. The summed E-state index contributed by atoms with van der Waals surface area (Å²) in [6, 6.07) is 0. The molecule has 0 aliphatic rings. The van der Waals surface area contributed by atoms with E-state index in [1.807, 2.05) is 0 Å². The first-order valence-electron chi connectivity index (χ1n) is 1.79. The van der Waals surface area contributed by atoms with E-state index in [0.29, 0.717) is 0 Å². The first-order chi connectivity index (χ1) is 3.68. The Morgan fingerprint density at radius 2 is 1.56 bits per heavy atom. The summed E-state index contributed by atoms with van der Waals surface area (Å²) in [7, 11) is 3.38. The van der Waals surface area contributed by atoms with Gasteiger partial charge in [-0.05, 0) is 0 Å². The van der Waals surface area contributed by atoms with E-state index in [4.69, 9.17) is 11.1 Å². The van der Waals surface area contributed by atoms with Crippen molar-refractivity contribution < 1.29 is 34.4 Å². The van der Waals surface area contributed by atoms with E-state index in [0.717, 1.165) is 6.41 Å². The van der Waals surface area contributed by atoms with Gasteiger partial charge >= 0.3 is 29.6 Å². The SMILES string of the molecule is CN(C)C=O.[N-]=[N+]=[N-].[Na+]. The Morgan fingerprint density at radius 1 is 1.44 bits per heavy atom. The summed E-state index contributed by atoms with van der Waals surface area (Å²) >= 11 is 0. The van der Waals surface area contributed by atoms with Crippen molar-refractivity contribution in [3.63, 3.8) is 0 Å². The van der Waals surface area contributed by atoms with E-state index < -0.39 is 0 Å².